The maximum Gasteiger partial charge on any atom is 0.179 e. The van der Waals surface area contributed by atoms with Gasteiger partial charge in [0.05, 0.1) is 25.6 Å². The quantitative estimate of drug-likeness (QED) is 0.925. The summed E-state index contributed by atoms with van der Waals surface area (Å²) in [5, 5.41) is 9.17. The van der Waals surface area contributed by atoms with Gasteiger partial charge >= 0.3 is 0 Å². The van der Waals surface area contributed by atoms with Gasteiger partial charge in [-0.2, -0.15) is 0 Å². The first-order chi connectivity index (χ1) is 9.80. The minimum atomic E-state index is -0.106. The topological polar surface area (TPSA) is 51.6 Å². The van der Waals surface area contributed by atoms with Crippen LogP contribution in [-0.2, 0) is 19.4 Å². The van der Waals surface area contributed by atoms with Crippen molar-refractivity contribution in [2.24, 2.45) is 0 Å². The van der Waals surface area contributed by atoms with Gasteiger partial charge in [-0.25, -0.2) is 0 Å². The zero-order valence-electron chi connectivity index (χ0n) is 11.4. The van der Waals surface area contributed by atoms with E-state index >= 15 is 0 Å². The lowest BCUT2D eigenvalue weighted by molar-refractivity contribution is 0.202. The van der Waals surface area contributed by atoms with Gasteiger partial charge in [0.2, 0.25) is 0 Å². The summed E-state index contributed by atoms with van der Waals surface area (Å²) in [7, 11) is 1.59. The Balaban J connectivity index is 1.79. The van der Waals surface area contributed by atoms with Crippen molar-refractivity contribution >= 4 is 0 Å². The van der Waals surface area contributed by atoms with Gasteiger partial charge in [0.15, 0.2) is 11.5 Å². The largest absolute Gasteiger partial charge is 0.491 e. The smallest absolute Gasteiger partial charge is 0.179 e. The second-order valence-electron chi connectivity index (χ2n) is 4.90. The number of fused-ring (bicyclic) bond motifs is 1. The number of methoxy groups -OCH3 is 1. The van der Waals surface area contributed by atoms with Crippen LogP contribution in [0.3, 0.4) is 0 Å². The fourth-order valence-corrected chi connectivity index (χ4v) is 2.58. The molecule has 0 unspecified atom stereocenters. The molecule has 0 saturated heterocycles. The van der Waals surface area contributed by atoms with E-state index in [0.717, 1.165) is 12.8 Å². The van der Waals surface area contributed by atoms with E-state index in [1.807, 2.05) is 0 Å². The van der Waals surface area contributed by atoms with Gasteiger partial charge in [-0.3, -0.25) is 4.98 Å². The van der Waals surface area contributed by atoms with Crippen LogP contribution in [0.4, 0.5) is 0 Å². The average molecular weight is 271 g/mol. The predicted molar refractivity (Wildman–Crippen MR) is 75.0 cm³/mol. The van der Waals surface area contributed by atoms with E-state index < -0.39 is 0 Å². The zero-order chi connectivity index (χ0) is 13.9. The maximum absolute atomic E-state index is 9.17. The van der Waals surface area contributed by atoms with Crippen molar-refractivity contribution in [2.45, 2.75) is 25.6 Å². The van der Waals surface area contributed by atoms with Crippen molar-refractivity contribution in [3.05, 3.63) is 53.3 Å². The molecule has 0 bridgehead atoms. The summed E-state index contributed by atoms with van der Waals surface area (Å²) in [4.78, 5) is 4.09. The van der Waals surface area contributed by atoms with Gasteiger partial charge in [0.25, 0.3) is 0 Å². The lowest BCUT2D eigenvalue weighted by Crippen LogP contribution is -2.17. The van der Waals surface area contributed by atoms with Crippen molar-refractivity contribution in [3.63, 3.8) is 0 Å². The third-order valence-corrected chi connectivity index (χ3v) is 3.58. The minimum absolute atomic E-state index is 0.106. The van der Waals surface area contributed by atoms with Gasteiger partial charge in [0, 0.05) is 18.9 Å². The Hall–Kier alpha value is -2.07. The number of aliphatic hydroxyl groups excluding tert-OH is 1. The highest BCUT2D eigenvalue weighted by atomic mass is 16.5. The molecule has 0 aliphatic heterocycles. The van der Waals surface area contributed by atoms with E-state index in [4.69, 9.17) is 14.6 Å². The molecule has 4 heteroatoms. The highest BCUT2D eigenvalue weighted by Crippen LogP contribution is 2.31. The van der Waals surface area contributed by atoms with Crippen LogP contribution in [0.25, 0.3) is 0 Å². The molecule has 1 aliphatic rings. The van der Waals surface area contributed by atoms with E-state index in [-0.39, 0.29) is 12.7 Å². The fraction of sp³-hybridized carbons (Fsp3) is 0.312. The van der Waals surface area contributed by atoms with Crippen LogP contribution in [0.5, 0.6) is 11.5 Å². The highest BCUT2D eigenvalue weighted by molar-refractivity contribution is 5.40. The lowest BCUT2D eigenvalue weighted by atomic mass is 10.1. The van der Waals surface area contributed by atoms with Gasteiger partial charge in [-0.05, 0) is 11.1 Å². The Morgan fingerprint density at radius 3 is 2.50 bits per heavy atom. The number of rotatable bonds is 4. The first-order valence-corrected chi connectivity index (χ1v) is 6.67. The van der Waals surface area contributed by atoms with Crippen LogP contribution in [0.15, 0.2) is 36.5 Å². The molecule has 104 valence electrons. The molecule has 1 heterocycles. The van der Waals surface area contributed by atoms with Crippen molar-refractivity contribution in [1.82, 2.24) is 4.98 Å². The highest BCUT2D eigenvalue weighted by Gasteiger charge is 2.23. The Labute approximate surface area is 118 Å². The molecular weight excluding hydrogens is 254 g/mol. The van der Waals surface area contributed by atoms with Crippen molar-refractivity contribution < 1.29 is 14.6 Å². The molecule has 0 radical (unpaired) electrons. The average Bonchev–Trinajstić information content (AvgIpc) is 2.89. The molecule has 0 amide bonds. The Morgan fingerprint density at radius 2 is 1.90 bits per heavy atom. The van der Waals surface area contributed by atoms with Crippen LogP contribution < -0.4 is 9.47 Å². The van der Waals surface area contributed by atoms with Crippen LogP contribution in [0.1, 0.15) is 16.8 Å². The van der Waals surface area contributed by atoms with Crippen molar-refractivity contribution in [2.75, 3.05) is 7.11 Å². The fourth-order valence-electron chi connectivity index (χ4n) is 2.58. The Kier molecular flexibility index (Phi) is 3.56. The number of hydrogen-bond donors (Lipinski definition) is 1. The van der Waals surface area contributed by atoms with E-state index in [0.29, 0.717) is 17.2 Å². The summed E-state index contributed by atoms with van der Waals surface area (Å²) in [6.45, 7) is -0.106. The number of nitrogens with zero attached hydrogens (tertiary/aromatic N) is 1. The minimum Gasteiger partial charge on any atom is -0.491 e. The van der Waals surface area contributed by atoms with Gasteiger partial charge in [-0.15, -0.1) is 0 Å². The molecule has 0 saturated carbocycles. The SMILES string of the molecule is COc1cnc(CO)cc1OC1Cc2ccccc2C1. The van der Waals surface area contributed by atoms with E-state index in [2.05, 4.69) is 29.2 Å². The summed E-state index contributed by atoms with van der Waals surface area (Å²) >= 11 is 0. The number of aliphatic hydroxyl groups is 1. The third kappa shape index (κ3) is 2.47. The second-order valence-corrected chi connectivity index (χ2v) is 4.90. The van der Waals surface area contributed by atoms with E-state index in [1.165, 1.54) is 11.1 Å². The standard InChI is InChI=1S/C16H17NO3/c1-19-16-9-17-13(10-18)8-15(16)20-14-6-11-4-2-3-5-12(11)7-14/h2-5,8-9,14,18H,6-7,10H2,1H3. The van der Waals surface area contributed by atoms with Crippen molar-refractivity contribution in [1.29, 1.82) is 0 Å². The summed E-state index contributed by atoms with van der Waals surface area (Å²) in [6, 6.07) is 10.1. The van der Waals surface area contributed by atoms with Crippen LogP contribution in [0, 0.1) is 0 Å². The molecule has 0 fully saturated rings. The van der Waals surface area contributed by atoms with Gasteiger partial charge in [0.1, 0.15) is 6.10 Å². The molecule has 0 atom stereocenters. The van der Waals surface area contributed by atoms with E-state index in [1.54, 1.807) is 19.4 Å². The molecule has 1 N–H and O–H groups in total. The molecule has 0 spiro atoms. The normalized spacial score (nSPS) is 14.1. The number of pyridine rings is 1. The molecule has 2 aromatic rings. The first kappa shape index (κ1) is 12.9. The third-order valence-electron chi connectivity index (χ3n) is 3.58. The van der Waals surface area contributed by atoms with Crippen LogP contribution in [-0.4, -0.2) is 23.3 Å². The van der Waals surface area contributed by atoms with E-state index in [9.17, 15) is 0 Å². The number of ether oxygens (including phenoxy) is 2. The molecule has 20 heavy (non-hydrogen) atoms. The Morgan fingerprint density at radius 1 is 1.20 bits per heavy atom. The summed E-state index contributed by atoms with van der Waals surface area (Å²) in [6.07, 6.45) is 3.49. The summed E-state index contributed by atoms with van der Waals surface area (Å²) in [5.74, 6) is 1.24. The molecule has 1 aliphatic carbocycles. The number of hydrogen-bond acceptors (Lipinski definition) is 4. The number of aromatic nitrogens is 1. The first-order valence-electron chi connectivity index (χ1n) is 6.67. The van der Waals surface area contributed by atoms with Crippen LogP contribution >= 0.6 is 0 Å². The molecular formula is C16H17NO3. The molecule has 3 rings (SSSR count). The molecule has 1 aromatic carbocycles. The second kappa shape index (κ2) is 5.51. The van der Waals surface area contributed by atoms with Crippen molar-refractivity contribution in [3.8, 4) is 11.5 Å². The molecule has 4 nitrogen and oxygen atoms in total. The Bertz CT molecular complexity index is 587. The monoisotopic (exact) mass is 271 g/mol. The molecule has 1 aromatic heterocycles. The number of benzene rings is 1. The van der Waals surface area contributed by atoms with Crippen LogP contribution in [0.2, 0.25) is 0 Å². The van der Waals surface area contributed by atoms with Gasteiger partial charge in [-0.1, -0.05) is 24.3 Å². The summed E-state index contributed by atoms with van der Waals surface area (Å²) < 4.78 is 11.3. The van der Waals surface area contributed by atoms with Gasteiger partial charge < -0.3 is 14.6 Å². The maximum atomic E-state index is 9.17. The zero-order valence-corrected chi connectivity index (χ0v) is 11.4. The summed E-state index contributed by atoms with van der Waals surface area (Å²) in [5.41, 5.74) is 3.26. The lowest BCUT2D eigenvalue weighted by Gasteiger charge is -2.16. The predicted octanol–water partition coefficient (Wildman–Crippen LogP) is 2.13.